The highest BCUT2D eigenvalue weighted by molar-refractivity contribution is 5.89. The van der Waals surface area contributed by atoms with Crippen LogP contribution in [0.5, 0.6) is 11.5 Å². The summed E-state index contributed by atoms with van der Waals surface area (Å²) in [5.41, 5.74) is 0.566. The van der Waals surface area contributed by atoms with Crippen LogP contribution >= 0.6 is 0 Å². The highest BCUT2D eigenvalue weighted by atomic mass is 16.6. The summed E-state index contributed by atoms with van der Waals surface area (Å²) in [6, 6.07) is 13.6. The number of likely N-dealkylation sites (tertiary alicyclic amines) is 2. The van der Waals surface area contributed by atoms with Crippen molar-refractivity contribution < 1.29 is 23.5 Å². The van der Waals surface area contributed by atoms with E-state index in [-0.39, 0.29) is 27.9 Å². The molecule has 0 atom stereocenters. The fourth-order valence-electron chi connectivity index (χ4n) is 4.59. The third-order valence-corrected chi connectivity index (χ3v) is 6.46. The molecule has 2 saturated heterocycles. The number of nitrogens with zero attached hydrogens (tertiary/aromatic N) is 2. The van der Waals surface area contributed by atoms with E-state index in [9.17, 15) is 14.4 Å². The van der Waals surface area contributed by atoms with E-state index in [4.69, 9.17) is 13.9 Å². The fourth-order valence-corrected chi connectivity index (χ4v) is 4.59. The number of amides is 2. The van der Waals surface area contributed by atoms with Gasteiger partial charge in [0.05, 0.1) is 0 Å². The average molecular weight is 477 g/mol. The molecule has 2 amide bonds. The largest absolute Gasteiger partial charge is 0.456 e. The zero-order chi connectivity index (χ0) is 24.2. The molecule has 8 heteroatoms. The molecule has 0 unspecified atom stereocenters. The summed E-state index contributed by atoms with van der Waals surface area (Å²) >= 11 is 0. The first-order valence-corrected chi connectivity index (χ1v) is 12.2. The number of hydrogen-bond acceptors (Lipinski definition) is 6. The number of piperidine rings is 2. The van der Waals surface area contributed by atoms with Gasteiger partial charge in [-0.15, -0.1) is 0 Å². The standard InChI is InChI=1S/C27H28N2O6/c30-21-18-22(19-10-4-1-5-11-19)34-23-16-20(33-26(31)28-12-6-2-7-13-28)17-24(25(21)23)35-27(32)29-14-8-3-9-15-29/h1,4-5,10-11,16-18H,2-3,6-9,12-15H2. The van der Waals surface area contributed by atoms with Crippen molar-refractivity contribution >= 4 is 23.2 Å². The summed E-state index contributed by atoms with van der Waals surface area (Å²) in [6.07, 6.45) is 4.83. The summed E-state index contributed by atoms with van der Waals surface area (Å²) < 4.78 is 17.4. The minimum atomic E-state index is -0.531. The minimum absolute atomic E-state index is 0.0212. The summed E-state index contributed by atoms with van der Waals surface area (Å²) in [6.45, 7) is 2.48. The predicted octanol–water partition coefficient (Wildman–Crippen LogP) is 5.43. The third-order valence-electron chi connectivity index (χ3n) is 6.46. The van der Waals surface area contributed by atoms with Gasteiger partial charge in [0.2, 0.25) is 0 Å². The van der Waals surface area contributed by atoms with Gasteiger partial charge in [0.25, 0.3) is 0 Å². The number of rotatable bonds is 3. The molecule has 5 rings (SSSR count). The van der Waals surface area contributed by atoms with Gasteiger partial charge in [0.1, 0.15) is 22.5 Å². The highest BCUT2D eigenvalue weighted by Gasteiger charge is 2.24. The van der Waals surface area contributed by atoms with Crippen molar-refractivity contribution in [3.63, 3.8) is 0 Å². The van der Waals surface area contributed by atoms with Crippen LogP contribution in [0.3, 0.4) is 0 Å². The van der Waals surface area contributed by atoms with Crippen LogP contribution in [0.4, 0.5) is 9.59 Å². The van der Waals surface area contributed by atoms with Crippen molar-refractivity contribution in [3.05, 3.63) is 58.8 Å². The molecule has 0 radical (unpaired) electrons. The molecular weight excluding hydrogens is 448 g/mol. The number of hydrogen-bond donors (Lipinski definition) is 0. The maximum Gasteiger partial charge on any atom is 0.415 e. The van der Waals surface area contributed by atoms with Gasteiger partial charge in [-0.25, -0.2) is 9.59 Å². The molecule has 8 nitrogen and oxygen atoms in total. The monoisotopic (exact) mass is 476 g/mol. The molecule has 2 aromatic carbocycles. The van der Waals surface area contributed by atoms with Crippen LogP contribution in [-0.2, 0) is 0 Å². The SMILES string of the molecule is O=C(Oc1cc(OC(=O)N2CCCCC2)c2c(=O)cc(-c3ccccc3)oc2c1)N1CCCCC1. The quantitative estimate of drug-likeness (QED) is 0.501. The second-order valence-corrected chi connectivity index (χ2v) is 8.97. The number of carbonyl (C=O) groups excluding carboxylic acids is 2. The molecule has 0 aliphatic carbocycles. The van der Waals surface area contributed by atoms with E-state index in [2.05, 4.69) is 0 Å². The summed E-state index contributed by atoms with van der Waals surface area (Å²) in [7, 11) is 0. The van der Waals surface area contributed by atoms with Gasteiger partial charge >= 0.3 is 12.2 Å². The van der Waals surface area contributed by atoms with E-state index >= 15 is 0 Å². The van der Waals surface area contributed by atoms with E-state index in [1.54, 1.807) is 9.80 Å². The Hall–Kier alpha value is -3.81. The van der Waals surface area contributed by atoms with Gasteiger partial charge < -0.3 is 23.7 Å². The Labute approximate surface area is 203 Å². The first-order valence-electron chi connectivity index (χ1n) is 12.2. The summed E-state index contributed by atoms with van der Waals surface area (Å²) in [5, 5.41) is 0.132. The Bertz CT molecular complexity index is 1270. The van der Waals surface area contributed by atoms with Crippen LogP contribution in [0.15, 0.2) is 57.7 Å². The van der Waals surface area contributed by atoms with Crippen molar-refractivity contribution in [2.45, 2.75) is 38.5 Å². The van der Waals surface area contributed by atoms with E-state index in [0.29, 0.717) is 31.9 Å². The molecule has 0 saturated carbocycles. The maximum atomic E-state index is 13.2. The third kappa shape index (κ3) is 5.16. The number of ether oxygens (including phenoxy) is 2. The number of benzene rings is 2. The van der Waals surface area contributed by atoms with Crippen molar-refractivity contribution in [1.82, 2.24) is 9.80 Å². The number of carbonyl (C=O) groups is 2. The molecule has 2 fully saturated rings. The molecule has 3 aromatic rings. The zero-order valence-electron chi connectivity index (χ0n) is 19.5. The lowest BCUT2D eigenvalue weighted by atomic mass is 10.1. The molecule has 2 aliphatic rings. The maximum absolute atomic E-state index is 13.2. The summed E-state index contributed by atoms with van der Waals surface area (Å²) in [4.78, 5) is 42.0. The smallest absolute Gasteiger partial charge is 0.415 e. The van der Waals surface area contributed by atoms with Crippen LogP contribution in [0.2, 0.25) is 0 Å². The van der Waals surface area contributed by atoms with E-state index in [1.807, 2.05) is 30.3 Å². The van der Waals surface area contributed by atoms with Crippen LogP contribution in [0.25, 0.3) is 22.3 Å². The first kappa shape index (κ1) is 23.0. The Morgan fingerprint density at radius 3 is 1.97 bits per heavy atom. The van der Waals surface area contributed by atoms with Gasteiger partial charge in [-0.3, -0.25) is 4.79 Å². The molecule has 35 heavy (non-hydrogen) atoms. The molecule has 182 valence electrons. The molecule has 0 N–H and O–H groups in total. The van der Waals surface area contributed by atoms with E-state index < -0.39 is 12.2 Å². The molecule has 3 heterocycles. The lowest BCUT2D eigenvalue weighted by Crippen LogP contribution is -2.38. The van der Waals surface area contributed by atoms with Crippen LogP contribution in [0, 0.1) is 0 Å². The number of fused-ring (bicyclic) bond motifs is 1. The van der Waals surface area contributed by atoms with Crippen LogP contribution < -0.4 is 14.9 Å². The molecule has 1 aromatic heterocycles. The van der Waals surface area contributed by atoms with Crippen molar-refractivity contribution in [2.75, 3.05) is 26.2 Å². The van der Waals surface area contributed by atoms with Gasteiger partial charge in [-0.2, -0.15) is 0 Å². The highest BCUT2D eigenvalue weighted by Crippen LogP contribution is 2.33. The Balaban J connectivity index is 1.53. The van der Waals surface area contributed by atoms with Crippen molar-refractivity contribution in [2.24, 2.45) is 0 Å². The topological polar surface area (TPSA) is 89.3 Å². The van der Waals surface area contributed by atoms with Crippen molar-refractivity contribution in [3.8, 4) is 22.8 Å². The predicted molar refractivity (Wildman–Crippen MR) is 131 cm³/mol. The lowest BCUT2D eigenvalue weighted by molar-refractivity contribution is 0.141. The Morgan fingerprint density at radius 1 is 0.743 bits per heavy atom. The fraction of sp³-hybridized carbons (Fsp3) is 0.370. The van der Waals surface area contributed by atoms with E-state index in [1.165, 1.54) is 18.2 Å². The van der Waals surface area contributed by atoms with Gasteiger partial charge in [-0.05, 0) is 38.5 Å². The first-order chi connectivity index (χ1) is 17.1. The summed E-state index contributed by atoms with van der Waals surface area (Å²) in [5.74, 6) is 0.548. The van der Waals surface area contributed by atoms with Crippen molar-refractivity contribution in [1.29, 1.82) is 0 Å². The van der Waals surface area contributed by atoms with Gasteiger partial charge in [-0.1, -0.05) is 30.3 Å². The average Bonchev–Trinajstić information content (AvgIpc) is 2.89. The lowest BCUT2D eigenvalue weighted by Gasteiger charge is -2.26. The Kier molecular flexibility index (Phi) is 6.70. The minimum Gasteiger partial charge on any atom is -0.456 e. The molecule has 2 aliphatic heterocycles. The molecule has 0 bridgehead atoms. The molecular formula is C27H28N2O6. The Morgan fingerprint density at radius 2 is 1.34 bits per heavy atom. The normalized spacial score (nSPS) is 16.2. The van der Waals surface area contributed by atoms with Gasteiger partial charge in [0, 0.05) is 49.9 Å². The van der Waals surface area contributed by atoms with Crippen LogP contribution in [0.1, 0.15) is 38.5 Å². The molecule has 0 spiro atoms. The van der Waals surface area contributed by atoms with Crippen LogP contribution in [-0.4, -0.2) is 48.2 Å². The second-order valence-electron chi connectivity index (χ2n) is 8.97. The zero-order valence-corrected chi connectivity index (χ0v) is 19.5. The second kappa shape index (κ2) is 10.2. The van der Waals surface area contributed by atoms with Gasteiger partial charge in [0.15, 0.2) is 11.2 Å². The van der Waals surface area contributed by atoms with E-state index in [0.717, 1.165) is 44.1 Å².